The number of ketones is 1. The van der Waals surface area contributed by atoms with Crippen molar-refractivity contribution in [1.82, 2.24) is 4.98 Å². The molecule has 0 radical (unpaired) electrons. The highest BCUT2D eigenvalue weighted by Crippen LogP contribution is 2.03. The second-order valence-corrected chi connectivity index (χ2v) is 3.31. The lowest BCUT2D eigenvalue weighted by molar-refractivity contribution is 0.0524. The summed E-state index contributed by atoms with van der Waals surface area (Å²) in [5, 5.41) is 0. The van der Waals surface area contributed by atoms with Gasteiger partial charge >= 0.3 is 5.97 Å². The molecule has 0 fully saturated rings. The topological polar surface area (TPSA) is 76.2 Å². The lowest BCUT2D eigenvalue weighted by atomic mass is 10.1. The van der Waals surface area contributed by atoms with E-state index in [1.807, 2.05) is 0 Å². The molecule has 1 N–H and O–H groups in total. The van der Waals surface area contributed by atoms with Gasteiger partial charge in [0.05, 0.1) is 12.2 Å². The number of hydrogen-bond acceptors (Lipinski definition) is 4. The lowest BCUT2D eigenvalue weighted by Crippen LogP contribution is -2.24. The summed E-state index contributed by atoms with van der Waals surface area (Å²) in [5.41, 5.74) is -0.268. The predicted octanol–water partition coefficient (Wildman–Crippen LogP) is 1.06. The second kappa shape index (κ2) is 4.74. The molecule has 0 amide bonds. The van der Waals surface area contributed by atoms with Gasteiger partial charge in [0.15, 0.2) is 5.78 Å². The minimum Gasteiger partial charge on any atom is -0.462 e. The van der Waals surface area contributed by atoms with Crippen LogP contribution in [0.5, 0.6) is 0 Å². The zero-order chi connectivity index (χ0) is 12.3. The minimum atomic E-state index is -0.716. The van der Waals surface area contributed by atoms with Gasteiger partial charge in [-0.2, -0.15) is 0 Å². The summed E-state index contributed by atoms with van der Waals surface area (Å²) in [6, 6.07) is 0. The van der Waals surface area contributed by atoms with Crippen LogP contribution < -0.4 is 5.43 Å². The SMILES string of the molecule is CCOC(=O)c1c[nH]c(C)c(C(C)=O)c1=O. The molecule has 5 nitrogen and oxygen atoms in total. The van der Waals surface area contributed by atoms with Gasteiger partial charge in [-0.25, -0.2) is 4.79 Å². The largest absolute Gasteiger partial charge is 0.462 e. The Morgan fingerprint density at radius 2 is 2.06 bits per heavy atom. The number of esters is 1. The predicted molar refractivity (Wildman–Crippen MR) is 57.8 cm³/mol. The van der Waals surface area contributed by atoms with E-state index in [0.717, 1.165) is 0 Å². The summed E-state index contributed by atoms with van der Waals surface area (Å²) < 4.78 is 4.71. The van der Waals surface area contributed by atoms with Crippen molar-refractivity contribution in [3.8, 4) is 0 Å². The van der Waals surface area contributed by atoms with Crippen LogP contribution in [-0.4, -0.2) is 23.3 Å². The number of hydrogen-bond donors (Lipinski definition) is 1. The lowest BCUT2D eigenvalue weighted by Gasteiger charge is -2.05. The fourth-order valence-corrected chi connectivity index (χ4v) is 1.41. The van der Waals surface area contributed by atoms with Crippen LogP contribution >= 0.6 is 0 Å². The van der Waals surface area contributed by atoms with Crippen LogP contribution in [-0.2, 0) is 4.74 Å². The van der Waals surface area contributed by atoms with Crippen molar-refractivity contribution in [3.63, 3.8) is 0 Å². The van der Waals surface area contributed by atoms with E-state index in [4.69, 9.17) is 4.74 Å². The number of nitrogens with one attached hydrogen (secondary N) is 1. The Morgan fingerprint density at radius 1 is 1.44 bits per heavy atom. The van der Waals surface area contributed by atoms with E-state index in [2.05, 4.69) is 4.98 Å². The van der Waals surface area contributed by atoms with Crippen LogP contribution in [0.2, 0.25) is 0 Å². The summed E-state index contributed by atoms with van der Waals surface area (Å²) in [6.45, 7) is 4.72. The number of H-pyrrole nitrogens is 1. The molecule has 0 saturated carbocycles. The maximum absolute atomic E-state index is 11.8. The van der Waals surface area contributed by atoms with Gasteiger partial charge in [-0.1, -0.05) is 0 Å². The van der Waals surface area contributed by atoms with Crippen molar-refractivity contribution >= 4 is 11.8 Å². The molecule has 1 heterocycles. The van der Waals surface area contributed by atoms with Gasteiger partial charge in [0.25, 0.3) is 0 Å². The molecule has 86 valence electrons. The Bertz CT molecular complexity index is 487. The zero-order valence-corrected chi connectivity index (χ0v) is 9.42. The fraction of sp³-hybridized carbons (Fsp3) is 0.364. The molecule has 0 aliphatic rings. The number of aryl methyl sites for hydroxylation is 1. The van der Waals surface area contributed by atoms with Gasteiger partial charge in [-0.3, -0.25) is 9.59 Å². The monoisotopic (exact) mass is 223 g/mol. The van der Waals surface area contributed by atoms with E-state index >= 15 is 0 Å². The normalized spacial score (nSPS) is 9.94. The Kier molecular flexibility index (Phi) is 3.60. The van der Waals surface area contributed by atoms with E-state index in [1.165, 1.54) is 13.1 Å². The third-order valence-electron chi connectivity index (χ3n) is 2.13. The van der Waals surface area contributed by atoms with Crippen molar-refractivity contribution < 1.29 is 14.3 Å². The molecule has 1 aromatic heterocycles. The number of Topliss-reactive ketones (excluding diaryl/α,β-unsaturated/α-hetero) is 1. The maximum Gasteiger partial charge on any atom is 0.343 e. The third kappa shape index (κ3) is 2.18. The molecule has 0 unspecified atom stereocenters. The first-order valence-electron chi connectivity index (χ1n) is 4.89. The zero-order valence-electron chi connectivity index (χ0n) is 9.42. The van der Waals surface area contributed by atoms with Crippen LogP contribution in [0.1, 0.15) is 40.3 Å². The third-order valence-corrected chi connectivity index (χ3v) is 2.13. The molecule has 0 saturated heterocycles. The fourth-order valence-electron chi connectivity index (χ4n) is 1.41. The number of pyridine rings is 1. The summed E-state index contributed by atoms with van der Waals surface area (Å²) >= 11 is 0. The first kappa shape index (κ1) is 12.2. The average Bonchev–Trinajstić information content (AvgIpc) is 2.17. The summed E-state index contributed by atoms with van der Waals surface area (Å²) in [7, 11) is 0. The summed E-state index contributed by atoms with van der Waals surface area (Å²) in [6.07, 6.45) is 1.27. The molecular formula is C11H13NO4. The number of aromatic amines is 1. The van der Waals surface area contributed by atoms with E-state index in [9.17, 15) is 14.4 Å². The van der Waals surface area contributed by atoms with Crippen molar-refractivity contribution in [2.45, 2.75) is 20.8 Å². The van der Waals surface area contributed by atoms with Gasteiger partial charge in [-0.15, -0.1) is 0 Å². The van der Waals surface area contributed by atoms with Crippen LogP contribution in [0.25, 0.3) is 0 Å². The van der Waals surface area contributed by atoms with Crippen LogP contribution in [0, 0.1) is 6.92 Å². The smallest absolute Gasteiger partial charge is 0.343 e. The average molecular weight is 223 g/mol. The highest BCUT2D eigenvalue weighted by molar-refractivity contribution is 5.98. The van der Waals surface area contributed by atoms with Crippen LogP contribution in [0.4, 0.5) is 0 Å². The molecule has 5 heteroatoms. The van der Waals surface area contributed by atoms with Gasteiger partial charge in [0, 0.05) is 11.9 Å². The molecule has 1 aromatic rings. The standard InChI is InChI=1S/C11H13NO4/c1-4-16-11(15)8-5-12-6(2)9(7(3)13)10(8)14/h5H,4H2,1-3H3,(H,12,14). The van der Waals surface area contributed by atoms with E-state index in [1.54, 1.807) is 13.8 Å². The van der Waals surface area contributed by atoms with Gasteiger partial charge in [0.1, 0.15) is 5.56 Å². The van der Waals surface area contributed by atoms with Crippen LogP contribution in [0.15, 0.2) is 11.0 Å². The first-order chi connectivity index (χ1) is 7.49. The van der Waals surface area contributed by atoms with Crippen molar-refractivity contribution in [2.75, 3.05) is 6.61 Å². The molecule has 0 aliphatic heterocycles. The minimum absolute atomic E-state index is 0.00514. The number of ether oxygens (including phenoxy) is 1. The van der Waals surface area contributed by atoms with Gasteiger partial charge in [-0.05, 0) is 20.8 Å². The molecule has 0 bridgehead atoms. The molecule has 1 rings (SSSR count). The van der Waals surface area contributed by atoms with Crippen molar-refractivity contribution in [3.05, 3.63) is 33.2 Å². The summed E-state index contributed by atoms with van der Waals surface area (Å²) in [4.78, 5) is 37.2. The molecule has 0 spiro atoms. The number of aromatic nitrogens is 1. The quantitative estimate of drug-likeness (QED) is 0.614. The molecule has 0 atom stereocenters. The Balaban J connectivity index is 3.35. The number of carbonyl (C=O) groups is 2. The highest BCUT2D eigenvalue weighted by Gasteiger charge is 2.18. The molecule has 0 aromatic carbocycles. The van der Waals surface area contributed by atoms with E-state index < -0.39 is 11.4 Å². The van der Waals surface area contributed by atoms with Gasteiger partial charge in [0.2, 0.25) is 5.43 Å². The maximum atomic E-state index is 11.8. The Morgan fingerprint density at radius 3 is 2.56 bits per heavy atom. The summed E-state index contributed by atoms with van der Waals surface area (Å²) in [5.74, 6) is -1.09. The molecular weight excluding hydrogens is 210 g/mol. The van der Waals surface area contributed by atoms with Gasteiger partial charge < -0.3 is 9.72 Å². The molecule has 16 heavy (non-hydrogen) atoms. The van der Waals surface area contributed by atoms with E-state index in [0.29, 0.717) is 5.69 Å². The highest BCUT2D eigenvalue weighted by atomic mass is 16.5. The van der Waals surface area contributed by atoms with Crippen molar-refractivity contribution in [1.29, 1.82) is 0 Å². The Hall–Kier alpha value is -1.91. The Labute approximate surface area is 92.4 Å². The number of carbonyl (C=O) groups excluding carboxylic acids is 2. The van der Waals surface area contributed by atoms with Crippen LogP contribution in [0.3, 0.4) is 0 Å². The van der Waals surface area contributed by atoms with E-state index in [-0.39, 0.29) is 23.5 Å². The second-order valence-electron chi connectivity index (χ2n) is 3.31. The molecule has 0 aliphatic carbocycles. The van der Waals surface area contributed by atoms with Crippen molar-refractivity contribution in [2.24, 2.45) is 0 Å². The number of rotatable bonds is 3. The first-order valence-corrected chi connectivity index (χ1v) is 4.89.